The van der Waals surface area contributed by atoms with Gasteiger partial charge in [-0.15, -0.1) is 0 Å². The Morgan fingerprint density at radius 1 is 1.33 bits per heavy atom. The van der Waals surface area contributed by atoms with E-state index >= 15 is 0 Å². The van der Waals surface area contributed by atoms with E-state index in [2.05, 4.69) is 5.32 Å². The number of halogens is 1. The lowest BCUT2D eigenvalue weighted by Gasteiger charge is -2.07. The Hall–Kier alpha value is -1.96. The SMILES string of the molecule is CCCCNC(=O)CS(=O)(=O)c1ccc(F)c(C(=O)O)c1. The molecule has 0 spiro atoms. The Bertz CT molecular complexity index is 642. The van der Waals surface area contributed by atoms with Gasteiger partial charge in [0.1, 0.15) is 11.6 Å². The molecule has 21 heavy (non-hydrogen) atoms. The van der Waals surface area contributed by atoms with E-state index in [1.54, 1.807) is 0 Å². The molecule has 0 radical (unpaired) electrons. The highest BCUT2D eigenvalue weighted by atomic mass is 32.2. The third-order valence-corrected chi connectivity index (χ3v) is 4.32. The normalized spacial score (nSPS) is 11.1. The number of carbonyl (C=O) groups is 2. The maximum Gasteiger partial charge on any atom is 0.338 e. The van der Waals surface area contributed by atoms with Crippen LogP contribution in [0.1, 0.15) is 30.1 Å². The number of hydrogen-bond acceptors (Lipinski definition) is 4. The number of sulfone groups is 1. The predicted octanol–water partition coefficient (Wildman–Crippen LogP) is 1.21. The van der Waals surface area contributed by atoms with Crippen LogP contribution >= 0.6 is 0 Å². The first-order valence-electron chi connectivity index (χ1n) is 6.30. The van der Waals surface area contributed by atoms with Crippen LogP contribution in [0.25, 0.3) is 0 Å². The smallest absolute Gasteiger partial charge is 0.338 e. The molecule has 2 N–H and O–H groups in total. The first-order valence-corrected chi connectivity index (χ1v) is 7.95. The minimum Gasteiger partial charge on any atom is -0.478 e. The third kappa shape index (κ3) is 4.82. The molecular formula is C13H16FNO5S. The van der Waals surface area contributed by atoms with Crippen LogP contribution < -0.4 is 5.32 Å². The summed E-state index contributed by atoms with van der Waals surface area (Å²) in [6.07, 6.45) is 1.58. The molecule has 1 amide bonds. The van der Waals surface area contributed by atoms with E-state index < -0.39 is 43.7 Å². The molecule has 0 bridgehead atoms. The number of carboxylic acids is 1. The second-order valence-corrected chi connectivity index (χ2v) is 6.40. The molecule has 0 unspecified atom stereocenters. The van der Waals surface area contributed by atoms with Crippen LogP contribution in [-0.2, 0) is 14.6 Å². The zero-order valence-electron chi connectivity index (χ0n) is 11.4. The van der Waals surface area contributed by atoms with Crippen molar-refractivity contribution in [2.75, 3.05) is 12.3 Å². The summed E-state index contributed by atoms with van der Waals surface area (Å²) in [5, 5.41) is 11.2. The summed E-state index contributed by atoms with van der Waals surface area (Å²) >= 11 is 0. The molecular weight excluding hydrogens is 301 g/mol. The minimum absolute atomic E-state index is 0.370. The molecule has 0 fully saturated rings. The van der Waals surface area contributed by atoms with E-state index in [-0.39, 0.29) is 0 Å². The molecule has 8 heteroatoms. The Morgan fingerprint density at radius 3 is 2.57 bits per heavy atom. The lowest BCUT2D eigenvalue weighted by Crippen LogP contribution is -2.31. The molecule has 6 nitrogen and oxygen atoms in total. The van der Waals surface area contributed by atoms with Crippen LogP contribution in [0.3, 0.4) is 0 Å². The van der Waals surface area contributed by atoms with Gasteiger partial charge in [0.15, 0.2) is 9.84 Å². The molecule has 0 saturated carbocycles. The second kappa shape index (κ2) is 7.16. The first kappa shape index (κ1) is 17.1. The second-order valence-electron chi connectivity index (χ2n) is 4.41. The monoisotopic (exact) mass is 317 g/mol. The minimum atomic E-state index is -4.01. The zero-order chi connectivity index (χ0) is 16.0. The number of nitrogens with one attached hydrogen (secondary N) is 1. The summed E-state index contributed by atoms with van der Waals surface area (Å²) in [6, 6.07) is 2.41. The molecule has 0 aliphatic heterocycles. The van der Waals surface area contributed by atoms with E-state index in [4.69, 9.17) is 5.11 Å². The number of unbranched alkanes of at least 4 members (excludes halogenated alkanes) is 1. The standard InChI is InChI=1S/C13H16FNO5S/c1-2-3-6-15-12(16)8-21(19,20)9-4-5-11(14)10(7-9)13(17)18/h4-5,7H,2-3,6,8H2,1H3,(H,15,16)(H,17,18). The average Bonchev–Trinajstić information content (AvgIpc) is 2.38. The van der Waals surface area contributed by atoms with Crippen molar-refractivity contribution in [3.63, 3.8) is 0 Å². The topological polar surface area (TPSA) is 101 Å². The number of rotatable bonds is 7. The van der Waals surface area contributed by atoms with Crippen molar-refractivity contribution in [1.29, 1.82) is 0 Å². The summed E-state index contributed by atoms with van der Waals surface area (Å²) in [6.45, 7) is 2.30. The largest absolute Gasteiger partial charge is 0.478 e. The van der Waals surface area contributed by atoms with Gasteiger partial charge in [0.25, 0.3) is 0 Å². The van der Waals surface area contributed by atoms with E-state index in [9.17, 15) is 22.4 Å². The highest BCUT2D eigenvalue weighted by molar-refractivity contribution is 7.92. The summed E-state index contributed by atoms with van der Waals surface area (Å²) in [4.78, 5) is 21.9. The van der Waals surface area contributed by atoms with Gasteiger partial charge in [-0.05, 0) is 24.6 Å². The van der Waals surface area contributed by atoms with Crippen LogP contribution in [0.4, 0.5) is 4.39 Å². The predicted molar refractivity (Wildman–Crippen MR) is 73.3 cm³/mol. The van der Waals surface area contributed by atoms with Gasteiger partial charge in [-0.1, -0.05) is 13.3 Å². The maximum absolute atomic E-state index is 13.2. The molecule has 0 aromatic heterocycles. The van der Waals surface area contributed by atoms with Gasteiger partial charge >= 0.3 is 5.97 Å². The fourth-order valence-corrected chi connectivity index (χ4v) is 2.76. The number of carbonyl (C=O) groups excluding carboxylic acids is 1. The van der Waals surface area contributed by atoms with E-state index in [0.717, 1.165) is 25.0 Å². The van der Waals surface area contributed by atoms with Crippen LogP contribution in [-0.4, -0.2) is 37.7 Å². The van der Waals surface area contributed by atoms with Gasteiger partial charge in [0.05, 0.1) is 10.5 Å². The average molecular weight is 317 g/mol. The Morgan fingerprint density at radius 2 is 2.00 bits per heavy atom. The van der Waals surface area contributed by atoms with Crippen LogP contribution in [0, 0.1) is 5.82 Å². The van der Waals surface area contributed by atoms with Crippen molar-refractivity contribution >= 4 is 21.7 Å². The quantitative estimate of drug-likeness (QED) is 0.581. The Kier molecular flexibility index (Phi) is 5.83. The van der Waals surface area contributed by atoms with Crippen LogP contribution in [0.15, 0.2) is 23.1 Å². The molecule has 0 atom stereocenters. The molecule has 1 aromatic rings. The number of aromatic carboxylic acids is 1. The molecule has 1 aromatic carbocycles. The Balaban J connectivity index is 2.90. The Labute approximate surface area is 121 Å². The van der Waals surface area contributed by atoms with Crippen molar-refractivity contribution < 1.29 is 27.5 Å². The van der Waals surface area contributed by atoms with E-state index in [0.29, 0.717) is 12.6 Å². The molecule has 116 valence electrons. The number of hydrogen-bond donors (Lipinski definition) is 2. The van der Waals surface area contributed by atoms with Crippen LogP contribution in [0.2, 0.25) is 0 Å². The molecule has 0 heterocycles. The zero-order valence-corrected chi connectivity index (χ0v) is 12.2. The van der Waals surface area contributed by atoms with Crippen molar-refractivity contribution in [1.82, 2.24) is 5.32 Å². The maximum atomic E-state index is 13.2. The summed E-state index contributed by atoms with van der Waals surface area (Å²) in [5.41, 5.74) is -0.748. The highest BCUT2D eigenvalue weighted by Gasteiger charge is 2.22. The lowest BCUT2D eigenvalue weighted by molar-refractivity contribution is -0.118. The lowest BCUT2D eigenvalue weighted by atomic mass is 10.2. The first-order chi connectivity index (χ1) is 9.77. The molecule has 0 saturated heterocycles. The van der Waals surface area contributed by atoms with Gasteiger partial charge in [0.2, 0.25) is 5.91 Å². The van der Waals surface area contributed by atoms with Crippen molar-refractivity contribution in [3.05, 3.63) is 29.6 Å². The van der Waals surface area contributed by atoms with Crippen molar-refractivity contribution in [3.8, 4) is 0 Å². The number of benzene rings is 1. The molecule has 0 aliphatic carbocycles. The summed E-state index contributed by atoms with van der Waals surface area (Å²) in [5.74, 6) is -4.09. The molecule has 0 aliphatic rings. The van der Waals surface area contributed by atoms with Crippen molar-refractivity contribution in [2.24, 2.45) is 0 Å². The van der Waals surface area contributed by atoms with E-state index in [1.165, 1.54) is 0 Å². The van der Waals surface area contributed by atoms with E-state index in [1.807, 2.05) is 6.92 Å². The van der Waals surface area contributed by atoms with Gasteiger partial charge in [-0.25, -0.2) is 17.6 Å². The number of amides is 1. The summed E-state index contributed by atoms with van der Waals surface area (Å²) in [7, 11) is -4.01. The highest BCUT2D eigenvalue weighted by Crippen LogP contribution is 2.16. The van der Waals surface area contributed by atoms with Gasteiger partial charge in [-0.2, -0.15) is 0 Å². The summed E-state index contributed by atoms with van der Waals surface area (Å²) < 4.78 is 37.2. The fourth-order valence-electron chi connectivity index (χ4n) is 1.57. The van der Waals surface area contributed by atoms with Gasteiger partial charge in [0, 0.05) is 6.54 Å². The van der Waals surface area contributed by atoms with Crippen LogP contribution in [0.5, 0.6) is 0 Å². The third-order valence-electron chi connectivity index (χ3n) is 2.70. The van der Waals surface area contributed by atoms with Gasteiger partial charge in [-0.3, -0.25) is 4.79 Å². The number of carboxylic acid groups (broad SMARTS) is 1. The van der Waals surface area contributed by atoms with Crippen molar-refractivity contribution in [2.45, 2.75) is 24.7 Å². The fraction of sp³-hybridized carbons (Fsp3) is 0.385. The van der Waals surface area contributed by atoms with Gasteiger partial charge < -0.3 is 10.4 Å². The molecule has 1 rings (SSSR count).